The average molecular weight is 169 g/mol. The Morgan fingerprint density at radius 2 is 2.08 bits per heavy atom. The fourth-order valence-corrected chi connectivity index (χ4v) is 1.72. The summed E-state index contributed by atoms with van der Waals surface area (Å²) in [5, 5.41) is 2.99. The normalized spacial score (nSPS) is 18.1. The molecule has 0 aliphatic heterocycles. The zero-order valence-corrected chi connectivity index (χ0v) is 7.94. The number of carbonyl (C=O) groups excluding carboxylic acids is 1. The minimum Gasteiger partial charge on any atom is -0.356 e. The Labute approximate surface area is 74.7 Å². The molecule has 1 N–H and O–H groups in total. The van der Waals surface area contributed by atoms with Gasteiger partial charge in [-0.1, -0.05) is 26.2 Å². The molecule has 1 saturated carbocycles. The molecule has 1 aliphatic carbocycles. The Bertz CT molecular complexity index is 139. The zero-order valence-electron chi connectivity index (χ0n) is 7.94. The standard InChI is InChI=1S/C10H19NO/c1-2-3-8-11-10(12)9-6-4-5-7-9/h9H,2-8H2,1H3,(H,11,12). The molecule has 0 aromatic rings. The summed E-state index contributed by atoms with van der Waals surface area (Å²) in [4.78, 5) is 11.4. The van der Waals surface area contributed by atoms with E-state index in [0.29, 0.717) is 11.8 Å². The summed E-state index contributed by atoms with van der Waals surface area (Å²) in [5.41, 5.74) is 0. The van der Waals surface area contributed by atoms with E-state index >= 15 is 0 Å². The highest BCUT2D eigenvalue weighted by atomic mass is 16.1. The van der Waals surface area contributed by atoms with E-state index in [2.05, 4.69) is 12.2 Å². The third kappa shape index (κ3) is 2.84. The molecule has 0 spiro atoms. The van der Waals surface area contributed by atoms with E-state index in [4.69, 9.17) is 0 Å². The third-order valence-corrected chi connectivity index (χ3v) is 2.56. The van der Waals surface area contributed by atoms with Crippen molar-refractivity contribution < 1.29 is 4.79 Å². The molecule has 12 heavy (non-hydrogen) atoms. The lowest BCUT2D eigenvalue weighted by molar-refractivity contribution is -0.124. The highest BCUT2D eigenvalue weighted by molar-refractivity contribution is 5.78. The van der Waals surface area contributed by atoms with E-state index in [1.54, 1.807) is 0 Å². The highest BCUT2D eigenvalue weighted by Gasteiger charge is 2.21. The number of amides is 1. The van der Waals surface area contributed by atoms with Crippen molar-refractivity contribution in [1.29, 1.82) is 0 Å². The van der Waals surface area contributed by atoms with Gasteiger partial charge in [-0.05, 0) is 19.3 Å². The molecule has 0 saturated heterocycles. The van der Waals surface area contributed by atoms with Crippen LogP contribution in [0.15, 0.2) is 0 Å². The van der Waals surface area contributed by atoms with E-state index in [-0.39, 0.29) is 0 Å². The molecule has 0 unspecified atom stereocenters. The summed E-state index contributed by atoms with van der Waals surface area (Å²) in [6.07, 6.45) is 6.97. The summed E-state index contributed by atoms with van der Waals surface area (Å²) in [7, 11) is 0. The largest absolute Gasteiger partial charge is 0.356 e. The van der Waals surface area contributed by atoms with Crippen LogP contribution >= 0.6 is 0 Å². The smallest absolute Gasteiger partial charge is 0.223 e. The first-order valence-electron chi connectivity index (χ1n) is 5.12. The second kappa shape index (κ2) is 5.18. The first kappa shape index (κ1) is 9.56. The van der Waals surface area contributed by atoms with E-state index in [9.17, 15) is 4.79 Å². The molecular formula is C10H19NO. The van der Waals surface area contributed by atoms with Crippen molar-refractivity contribution >= 4 is 5.91 Å². The SMILES string of the molecule is CCCCNC(=O)C1CCCC1. The number of unbranched alkanes of at least 4 members (excludes halogenated alkanes) is 1. The molecule has 1 amide bonds. The van der Waals surface area contributed by atoms with Gasteiger partial charge in [0, 0.05) is 12.5 Å². The molecule has 0 aromatic carbocycles. The third-order valence-electron chi connectivity index (χ3n) is 2.56. The second-order valence-electron chi connectivity index (χ2n) is 3.63. The highest BCUT2D eigenvalue weighted by Crippen LogP contribution is 2.24. The second-order valence-corrected chi connectivity index (χ2v) is 3.63. The Morgan fingerprint density at radius 3 is 2.67 bits per heavy atom. The van der Waals surface area contributed by atoms with Crippen molar-refractivity contribution in [3.05, 3.63) is 0 Å². The Hall–Kier alpha value is -0.530. The first-order valence-corrected chi connectivity index (χ1v) is 5.12. The van der Waals surface area contributed by atoms with Crippen LogP contribution in [0.4, 0.5) is 0 Å². The maximum absolute atomic E-state index is 11.4. The number of hydrogen-bond acceptors (Lipinski definition) is 1. The van der Waals surface area contributed by atoms with Crippen LogP contribution in [0, 0.1) is 5.92 Å². The predicted molar refractivity (Wildman–Crippen MR) is 49.9 cm³/mol. The topological polar surface area (TPSA) is 29.1 Å². The molecule has 0 atom stereocenters. The molecule has 1 aliphatic rings. The van der Waals surface area contributed by atoms with Gasteiger partial charge < -0.3 is 5.32 Å². The molecule has 0 aromatic heterocycles. The van der Waals surface area contributed by atoms with Crippen molar-refractivity contribution in [2.45, 2.75) is 45.4 Å². The van der Waals surface area contributed by atoms with Crippen molar-refractivity contribution in [2.24, 2.45) is 5.92 Å². The maximum Gasteiger partial charge on any atom is 0.223 e. The van der Waals surface area contributed by atoms with Gasteiger partial charge in [0.05, 0.1) is 0 Å². The average Bonchev–Trinajstić information content (AvgIpc) is 2.56. The fraction of sp³-hybridized carbons (Fsp3) is 0.900. The van der Waals surface area contributed by atoms with Gasteiger partial charge >= 0.3 is 0 Å². The lowest BCUT2D eigenvalue weighted by Crippen LogP contribution is -2.29. The van der Waals surface area contributed by atoms with Gasteiger partial charge in [0.25, 0.3) is 0 Å². The molecule has 1 fully saturated rings. The predicted octanol–water partition coefficient (Wildman–Crippen LogP) is 2.09. The van der Waals surface area contributed by atoms with Crippen LogP contribution in [0.1, 0.15) is 45.4 Å². The molecule has 2 heteroatoms. The molecule has 0 heterocycles. The van der Waals surface area contributed by atoms with Gasteiger partial charge in [0.2, 0.25) is 5.91 Å². The van der Waals surface area contributed by atoms with Crippen molar-refractivity contribution in [2.75, 3.05) is 6.54 Å². The van der Waals surface area contributed by atoms with Crippen LogP contribution in [-0.4, -0.2) is 12.5 Å². The molecular weight excluding hydrogens is 150 g/mol. The monoisotopic (exact) mass is 169 g/mol. The van der Waals surface area contributed by atoms with Crippen molar-refractivity contribution in [3.8, 4) is 0 Å². The summed E-state index contributed by atoms with van der Waals surface area (Å²) < 4.78 is 0. The van der Waals surface area contributed by atoms with Crippen molar-refractivity contribution in [1.82, 2.24) is 5.32 Å². The first-order chi connectivity index (χ1) is 5.84. The lowest BCUT2D eigenvalue weighted by atomic mass is 10.1. The van der Waals surface area contributed by atoms with Crippen LogP contribution in [0.2, 0.25) is 0 Å². The van der Waals surface area contributed by atoms with Crippen LogP contribution in [0.25, 0.3) is 0 Å². The Kier molecular flexibility index (Phi) is 4.12. The number of carbonyl (C=O) groups is 1. The van der Waals surface area contributed by atoms with Gasteiger partial charge in [-0.25, -0.2) is 0 Å². The van der Waals surface area contributed by atoms with Crippen LogP contribution in [0.5, 0.6) is 0 Å². The lowest BCUT2D eigenvalue weighted by Gasteiger charge is -2.09. The summed E-state index contributed by atoms with van der Waals surface area (Å²) >= 11 is 0. The van der Waals surface area contributed by atoms with E-state index in [1.807, 2.05) is 0 Å². The summed E-state index contributed by atoms with van der Waals surface area (Å²) in [5.74, 6) is 0.628. The van der Waals surface area contributed by atoms with Crippen LogP contribution in [-0.2, 0) is 4.79 Å². The molecule has 0 bridgehead atoms. The zero-order chi connectivity index (χ0) is 8.81. The Balaban J connectivity index is 2.10. The van der Waals surface area contributed by atoms with Gasteiger partial charge in [-0.15, -0.1) is 0 Å². The Morgan fingerprint density at radius 1 is 1.42 bits per heavy atom. The van der Waals surface area contributed by atoms with E-state index in [1.165, 1.54) is 12.8 Å². The number of nitrogens with one attached hydrogen (secondary N) is 1. The number of rotatable bonds is 4. The molecule has 2 nitrogen and oxygen atoms in total. The maximum atomic E-state index is 11.4. The summed E-state index contributed by atoms with van der Waals surface area (Å²) in [6, 6.07) is 0. The molecule has 1 rings (SSSR count). The van der Waals surface area contributed by atoms with Gasteiger partial charge in [0.1, 0.15) is 0 Å². The van der Waals surface area contributed by atoms with E-state index in [0.717, 1.165) is 32.2 Å². The van der Waals surface area contributed by atoms with Crippen LogP contribution in [0.3, 0.4) is 0 Å². The van der Waals surface area contributed by atoms with Gasteiger partial charge in [-0.2, -0.15) is 0 Å². The molecule has 70 valence electrons. The van der Waals surface area contributed by atoms with E-state index < -0.39 is 0 Å². The van der Waals surface area contributed by atoms with Crippen molar-refractivity contribution in [3.63, 3.8) is 0 Å². The molecule has 0 radical (unpaired) electrons. The quantitative estimate of drug-likeness (QED) is 0.641. The fourth-order valence-electron chi connectivity index (χ4n) is 1.72. The van der Waals surface area contributed by atoms with Gasteiger partial charge in [0.15, 0.2) is 0 Å². The van der Waals surface area contributed by atoms with Gasteiger partial charge in [-0.3, -0.25) is 4.79 Å². The minimum absolute atomic E-state index is 0.293. The number of hydrogen-bond donors (Lipinski definition) is 1. The summed E-state index contributed by atoms with van der Waals surface area (Å²) in [6.45, 7) is 3.01. The van der Waals surface area contributed by atoms with Crippen LogP contribution < -0.4 is 5.32 Å². The minimum atomic E-state index is 0.293.